The van der Waals surface area contributed by atoms with Crippen LogP contribution in [0, 0.1) is 19.8 Å². The van der Waals surface area contributed by atoms with Gasteiger partial charge in [0.05, 0.1) is 6.61 Å². The van der Waals surface area contributed by atoms with Crippen molar-refractivity contribution in [2.24, 2.45) is 5.92 Å². The predicted octanol–water partition coefficient (Wildman–Crippen LogP) is 2.76. The van der Waals surface area contributed by atoms with Crippen molar-refractivity contribution in [2.75, 3.05) is 32.8 Å². The van der Waals surface area contributed by atoms with E-state index in [-0.39, 0.29) is 0 Å². The zero-order valence-electron chi connectivity index (χ0n) is 13.4. The van der Waals surface area contributed by atoms with Gasteiger partial charge in [-0.05, 0) is 68.8 Å². The monoisotopic (exact) mass is 288 g/mol. The molecule has 116 valence electrons. The van der Waals surface area contributed by atoms with E-state index in [9.17, 15) is 0 Å². The molecular formula is C18H28N2O. The summed E-state index contributed by atoms with van der Waals surface area (Å²) < 4.78 is 5.88. The van der Waals surface area contributed by atoms with E-state index >= 15 is 0 Å². The van der Waals surface area contributed by atoms with Crippen LogP contribution in [0.4, 0.5) is 0 Å². The Kier molecular flexibility index (Phi) is 4.81. The molecule has 2 atom stereocenters. The van der Waals surface area contributed by atoms with Crippen molar-refractivity contribution in [3.05, 3.63) is 29.3 Å². The number of nitrogens with one attached hydrogen (secondary N) is 1. The number of piperidine rings is 1. The maximum atomic E-state index is 5.88. The lowest BCUT2D eigenvalue weighted by molar-refractivity contribution is 0.257. The predicted molar refractivity (Wildman–Crippen MR) is 87.0 cm³/mol. The third-order valence-corrected chi connectivity index (χ3v) is 5.04. The number of hydrogen-bond acceptors (Lipinski definition) is 3. The summed E-state index contributed by atoms with van der Waals surface area (Å²) in [4.78, 5) is 2.61. The number of aryl methyl sites for hydroxylation is 2. The van der Waals surface area contributed by atoms with E-state index in [1.165, 1.54) is 50.1 Å². The Labute approximate surface area is 128 Å². The molecule has 1 N–H and O–H groups in total. The second kappa shape index (κ2) is 6.80. The highest BCUT2D eigenvalue weighted by Crippen LogP contribution is 2.24. The Hall–Kier alpha value is -1.06. The smallest absolute Gasteiger partial charge is 0.119 e. The molecule has 3 nitrogen and oxygen atoms in total. The molecule has 1 aromatic carbocycles. The van der Waals surface area contributed by atoms with E-state index in [1.54, 1.807) is 0 Å². The van der Waals surface area contributed by atoms with Crippen LogP contribution in [-0.2, 0) is 0 Å². The van der Waals surface area contributed by atoms with Gasteiger partial charge in [0, 0.05) is 25.7 Å². The van der Waals surface area contributed by atoms with Gasteiger partial charge in [-0.2, -0.15) is 0 Å². The van der Waals surface area contributed by atoms with E-state index in [1.807, 2.05) is 0 Å². The highest BCUT2D eigenvalue weighted by atomic mass is 16.5. The molecule has 0 radical (unpaired) electrons. The number of ether oxygens (including phenoxy) is 1. The molecule has 3 rings (SSSR count). The van der Waals surface area contributed by atoms with Crippen molar-refractivity contribution in [3.63, 3.8) is 0 Å². The average molecular weight is 288 g/mol. The quantitative estimate of drug-likeness (QED) is 0.843. The molecule has 1 aromatic rings. The minimum atomic E-state index is 0.749. The molecule has 0 spiro atoms. The topological polar surface area (TPSA) is 24.5 Å². The van der Waals surface area contributed by atoms with Crippen LogP contribution in [0.1, 0.15) is 30.4 Å². The lowest BCUT2D eigenvalue weighted by atomic mass is 9.94. The van der Waals surface area contributed by atoms with Gasteiger partial charge < -0.3 is 15.0 Å². The number of likely N-dealkylation sites (tertiary alicyclic amines) is 1. The Morgan fingerprint density at radius 2 is 2.14 bits per heavy atom. The standard InChI is InChI=1S/C18H28N2O/c1-14-6-7-17(11-15(14)2)21-10-4-9-20-12-16-5-3-8-19-18(16)13-20/h6-7,11,16,18-19H,3-5,8-10,12-13H2,1-2H3/t16-,18+/m0/s1. The minimum absolute atomic E-state index is 0.749. The van der Waals surface area contributed by atoms with Crippen molar-refractivity contribution < 1.29 is 4.74 Å². The second-order valence-electron chi connectivity index (χ2n) is 6.67. The van der Waals surface area contributed by atoms with Crippen LogP contribution in [0.25, 0.3) is 0 Å². The molecule has 0 bridgehead atoms. The summed E-state index contributed by atoms with van der Waals surface area (Å²) in [5.41, 5.74) is 2.64. The summed E-state index contributed by atoms with van der Waals surface area (Å²) in [7, 11) is 0. The Morgan fingerprint density at radius 3 is 2.95 bits per heavy atom. The summed E-state index contributed by atoms with van der Waals surface area (Å²) in [5.74, 6) is 1.90. The van der Waals surface area contributed by atoms with Gasteiger partial charge in [0.2, 0.25) is 0 Å². The van der Waals surface area contributed by atoms with Crippen LogP contribution in [0.3, 0.4) is 0 Å². The van der Waals surface area contributed by atoms with E-state index in [0.29, 0.717) is 0 Å². The van der Waals surface area contributed by atoms with Gasteiger partial charge >= 0.3 is 0 Å². The third kappa shape index (κ3) is 3.78. The summed E-state index contributed by atoms with van der Waals surface area (Å²) in [6, 6.07) is 7.11. The summed E-state index contributed by atoms with van der Waals surface area (Å²) >= 11 is 0. The maximum Gasteiger partial charge on any atom is 0.119 e. The van der Waals surface area contributed by atoms with E-state index < -0.39 is 0 Å². The molecule has 2 saturated heterocycles. The van der Waals surface area contributed by atoms with Crippen LogP contribution < -0.4 is 10.1 Å². The first-order valence-corrected chi connectivity index (χ1v) is 8.38. The van der Waals surface area contributed by atoms with Crippen LogP contribution in [0.2, 0.25) is 0 Å². The Balaban J connectivity index is 1.37. The highest BCUT2D eigenvalue weighted by Gasteiger charge is 2.33. The zero-order valence-corrected chi connectivity index (χ0v) is 13.4. The van der Waals surface area contributed by atoms with E-state index in [0.717, 1.165) is 30.7 Å². The molecule has 0 aromatic heterocycles. The van der Waals surface area contributed by atoms with E-state index in [2.05, 4.69) is 42.3 Å². The van der Waals surface area contributed by atoms with Crippen LogP contribution in [0.15, 0.2) is 18.2 Å². The Morgan fingerprint density at radius 1 is 1.24 bits per heavy atom. The van der Waals surface area contributed by atoms with Gasteiger partial charge in [-0.15, -0.1) is 0 Å². The molecular weight excluding hydrogens is 260 g/mol. The molecule has 21 heavy (non-hydrogen) atoms. The fraction of sp³-hybridized carbons (Fsp3) is 0.667. The van der Waals surface area contributed by atoms with Gasteiger partial charge in [0.25, 0.3) is 0 Å². The van der Waals surface area contributed by atoms with Crippen molar-refractivity contribution >= 4 is 0 Å². The fourth-order valence-corrected chi connectivity index (χ4v) is 3.60. The first-order chi connectivity index (χ1) is 10.2. The second-order valence-corrected chi connectivity index (χ2v) is 6.67. The number of nitrogens with zero attached hydrogens (tertiary/aromatic N) is 1. The minimum Gasteiger partial charge on any atom is -0.494 e. The molecule has 2 aliphatic heterocycles. The fourth-order valence-electron chi connectivity index (χ4n) is 3.60. The average Bonchev–Trinajstić information content (AvgIpc) is 2.90. The van der Waals surface area contributed by atoms with Gasteiger partial charge in [-0.3, -0.25) is 0 Å². The number of benzene rings is 1. The number of fused-ring (bicyclic) bond motifs is 1. The summed E-state index contributed by atoms with van der Waals surface area (Å²) in [6.07, 6.45) is 3.88. The van der Waals surface area contributed by atoms with Crippen LogP contribution in [0.5, 0.6) is 5.75 Å². The van der Waals surface area contributed by atoms with Gasteiger partial charge in [-0.25, -0.2) is 0 Å². The van der Waals surface area contributed by atoms with Gasteiger partial charge in [-0.1, -0.05) is 6.07 Å². The summed E-state index contributed by atoms with van der Waals surface area (Å²) in [6.45, 7) is 9.99. The first-order valence-electron chi connectivity index (χ1n) is 8.38. The van der Waals surface area contributed by atoms with Gasteiger partial charge in [0.15, 0.2) is 0 Å². The molecule has 0 aliphatic carbocycles. The van der Waals surface area contributed by atoms with Crippen LogP contribution >= 0.6 is 0 Å². The third-order valence-electron chi connectivity index (χ3n) is 5.04. The first kappa shape index (κ1) is 14.9. The van der Waals surface area contributed by atoms with Gasteiger partial charge in [0.1, 0.15) is 5.75 Å². The van der Waals surface area contributed by atoms with Crippen molar-refractivity contribution in [3.8, 4) is 5.75 Å². The molecule has 2 fully saturated rings. The summed E-state index contributed by atoms with van der Waals surface area (Å²) in [5, 5.41) is 3.67. The Bertz CT molecular complexity index is 460. The molecule has 2 heterocycles. The zero-order chi connectivity index (χ0) is 14.7. The van der Waals surface area contributed by atoms with Crippen molar-refractivity contribution in [1.82, 2.24) is 10.2 Å². The lowest BCUT2D eigenvalue weighted by Gasteiger charge is -2.24. The number of rotatable bonds is 5. The molecule has 0 unspecified atom stereocenters. The highest BCUT2D eigenvalue weighted by molar-refractivity contribution is 5.33. The lowest BCUT2D eigenvalue weighted by Crippen LogP contribution is -2.40. The molecule has 3 heteroatoms. The molecule has 2 aliphatic rings. The number of hydrogen-bond donors (Lipinski definition) is 1. The van der Waals surface area contributed by atoms with E-state index in [4.69, 9.17) is 4.74 Å². The van der Waals surface area contributed by atoms with Crippen molar-refractivity contribution in [2.45, 2.75) is 39.2 Å². The maximum absolute atomic E-state index is 5.88. The molecule has 0 amide bonds. The normalized spacial score (nSPS) is 25.8. The van der Waals surface area contributed by atoms with Crippen LogP contribution in [-0.4, -0.2) is 43.7 Å². The largest absolute Gasteiger partial charge is 0.494 e. The molecule has 0 saturated carbocycles. The van der Waals surface area contributed by atoms with Crippen molar-refractivity contribution in [1.29, 1.82) is 0 Å². The SMILES string of the molecule is Cc1ccc(OCCCN2C[C@@H]3CCCN[C@@H]3C2)cc1C.